The van der Waals surface area contributed by atoms with Crippen molar-refractivity contribution in [1.29, 1.82) is 0 Å². The number of thiol groups is 1. The third-order valence-corrected chi connectivity index (χ3v) is 1.43. The van der Waals surface area contributed by atoms with Crippen LogP contribution in [0.15, 0.2) is 0 Å². The van der Waals surface area contributed by atoms with Crippen LogP contribution in [0.1, 0.15) is 6.42 Å². The summed E-state index contributed by atoms with van der Waals surface area (Å²) in [5.41, 5.74) is 0. The molecule has 0 saturated carbocycles. The number of nitrogens with one attached hydrogen (secondary N) is 1. The minimum Gasteiger partial charge on any atom is -0.328 e. The van der Waals surface area contributed by atoms with Gasteiger partial charge in [-0.2, -0.15) is 13.2 Å². The highest BCUT2D eigenvalue weighted by molar-refractivity contribution is 7.78. The Morgan fingerprint density at radius 1 is 1.54 bits per heavy atom. The summed E-state index contributed by atoms with van der Waals surface area (Å²) in [6, 6.07) is -0.871. The van der Waals surface area contributed by atoms with Crippen molar-refractivity contribution in [2.45, 2.75) is 12.6 Å². The second-order valence-electron chi connectivity index (χ2n) is 2.25. The zero-order chi connectivity index (χ0) is 10.5. The lowest BCUT2D eigenvalue weighted by atomic mass is 10.5. The Bertz CT molecular complexity index is 174. The van der Waals surface area contributed by atoms with Crippen LogP contribution in [-0.4, -0.2) is 29.6 Å². The number of carbonyl (C=O) groups is 1. The van der Waals surface area contributed by atoms with Crippen molar-refractivity contribution in [1.82, 2.24) is 9.62 Å². The lowest BCUT2D eigenvalue weighted by Crippen LogP contribution is -2.39. The first kappa shape index (κ1) is 12.4. The van der Waals surface area contributed by atoms with Crippen molar-refractivity contribution in [2.75, 3.05) is 13.1 Å². The van der Waals surface area contributed by atoms with Crippen LogP contribution in [0.2, 0.25) is 0 Å². The van der Waals surface area contributed by atoms with Gasteiger partial charge in [0.2, 0.25) is 0 Å². The topological polar surface area (TPSA) is 32.3 Å². The van der Waals surface area contributed by atoms with Crippen molar-refractivity contribution < 1.29 is 18.0 Å². The number of carbonyl (C=O) groups excluding carboxylic acids is 1. The van der Waals surface area contributed by atoms with E-state index in [4.69, 9.17) is 0 Å². The van der Waals surface area contributed by atoms with Crippen LogP contribution in [-0.2, 0) is 0 Å². The summed E-state index contributed by atoms with van der Waals surface area (Å²) in [6.07, 6.45) is -4.00. The molecule has 0 aromatic rings. The van der Waals surface area contributed by atoms with Gasteiger partial charge in [0.25, 0.3) is 0 Å². The first-order chi connectivity index (χ1) is 5.87. The highest BCUT2D eigenvalue weighted by atomic mass is 32.1. The van der Waals surface area contributed by atoms with Gasteiger partial charge >= 0.3 is 12.2 Å². The van der Waals surface area contributed by atoms with Gasteiger partial charge in [0.15, 0.2) is 0 Å². The predicted molar refractivity (Wildman–Crippen MR) is 45.1 cm³/mol. The number of nitrogens with zero attached hydrogens (tertiary/aromatic N) is 1. The lowest BCUT2D eigenvalue weighted by Gasteiger charge is -2.16. The summed E-state index contributed by atoms with van der Waals surface area (Å²) in [5, 5.41) is 1.66. The fraction of sp³-hybridized carbons (Fsp3) is 0.667. The molecule has 1 radical (unpaired) electrons. The number of hydrogen-bond acceptors (Lipinski definition) is 2. The van der Waals surface area contributed by atoms with E-state index in [2.05, 4.69) is 19.7 Å². The molecule has 0 aromatic carbocycles. The maximum Gasteiger partial charge on any atom is 0.405 e. The molecule has 0 aliphatic rings. The molecule has 77 valence electrons. The molecule has 0 aliphatic carbocycles. The van der Waals surface area contributed by atoms with Crippen molar-refractivity contribution in [3.63, 3.8) is 0 Å². The Morgan fingerprint density at radius 3 is 2.46 bits per heavy atom. The summed E-state index contributed by atoms with van der Waals surface area (Å²) in [5.74, 6) is 0. The summed E-state index contributed by atoms with van der Waals surface area (Å²) >= 11 is 3.65. The molecule has 1 N–H and O–H groups in total. The molecule has 0 atom stereocenters. The van der Waals surface area contributed by atoms with E-state index in [0.29, 0.717) is 6.42 Å². The zero-order valence-electron chi connectivity index (χ0n) is 6.76. The second kappa shape index (κ2) is 5.21. The third-order valence-electron chi connectivity index (χ3n) is 1.04. The van der Waals surface area contributed by atoms with Crippen LogP contribution in [0.3, 0.4) is 0 Å². The summed E-state index contributed by atoms with van der Waals surface area (Å²) in [6.45, 7) is 2.28. The van der Waals surface area contributed by atoms with Crippen LogP contribution < -0.4 is 5.32 Å². The average molecular weight is 215 g/mol. The number of rotatable bonds is 3. The number of alkyl halides is 3. The van der Waals surface area contributed by atoms with E-state index >= 15 is 0 Å². The Hall–Kier alpha value is -0.590. The van der Waals surface area contributed by atoms with Gasteiger partial charge < -0.3 is 5.32 Å². The molecule has 7 heteroatoms. The Labute approximate surface area is 79.8 Å². The number of urea groups is 1. The molecule has 0 bridgehead atoms. The van der Waals surface area contributed by atoms with Crippen LogP contribution >= 0.6 is 12.8 Å². The van der Waals surface area contributed by atoms with Gasteiger partial charge in [-0.1, -0.05) is 19.7 Å². The Balaban J connectivity index is 3.74. The number of hydrogen-bond donors (Lipinski definition) is 2. The second-order valence-corrected chi connectivity index (χ2v) is 2.73. The standard InChI is InChI=1S/C6H10F3N2OS/c1-2-3-11(13)5(12)10-4-6(7,8)9/h13H,1-4H2,(H,10,12). The summed E-state index contributed by atoms with van der Waals surface area (Å²) in [7, 11) is 0. The lowest BCUT2D eigenvalue weighted by molar-refractivity contribution is -0.122. The van der Waals surface area contributed by atoms with E-state index in [1.165, 1.54) is 0 Å². The highest BCUT2D eigenvalue weighted by Gasteiger charge is 2.28. The quantitative estimate of drug-likeness (QED) is 0.689. The monoisotopic (exact) mass is 215 g/mol. The van der Waals surface area contributed by atoms with Crippen LogP contribution in [0.25, 0.3) is 0 Å². The van der Waals surface area contributed by atoms with Crippen LogP contribution in [0, 0.1) is 6.92 Å². The van der Waals surface area contributed by atoms with Crippen molar-refractivity contribution in [2.24, 2.45) is 0 Å². The van der Waals surface area contributed by atoms with E-state index < -0.39 is 18.8 Å². The maximum absolute atomic E-state index is 11.6. The molecule has 2 amide bonds. The first-order valence-corrected chi connectivity index (χ1v) is 3.87. The molecule has 0 aliphatic heterocycles. The van der Waals surface area contributed by atoms with E-state index in [1.54, 1.807) is 5.32 Å². The Morgan fingerprint density at radius 2 is 2.08 bits per heavy atom. The van der Waals surface area contributed by atoms with E-state index in [1.807, 2.05) is 0 Å². The molecule has 0 saturated heterocycles. The fourth-order valence-corrected chi connectivity index (χ4v) is 0.731. The van der Waals surface area contributed by atoms with Gasteiger partial charge in [0.05, 0.1) is 0 Å². The largest absolute Gasteiger partial charge is 0.405 e. The fourth-order valence-electron chi connectivity index (χ4n) is 0.518. The molecular formula is C6H10F3N2OS. The number of halogens is 3. The van der Waals surface area contributed by atoms with Crippen LogP contribution in [0.4, 0.5) is 18.0 Å². The van der Waals surface area contributed by atoms with Gasteiger partial charge in [-0.3, -0.25) is 4.31 Å². The minimum absolute atomic E-state index is 0.201. The van der Waals surface area contributed by atoms with Gasteiger partial charge in [0, 0.05) is 6.54 Å². The molecule has 3 nitrogen and oxygen atoms in total. The van der Waals surface area contributed by atoms with E-state index in [0.717, 1.165) is 4.31 Å². The maximum atomic E-state index is 11.6. The van der Waals surface area contributed by atoms with Crippen LogP contribution in [0.5, 0.6) is 0 Å². The summed E-state index contributed by atoms with van der Waals surface area (Å²) < 4.78 is 35.6. The molecule has 0 spiro atoms. The molecule has 0 rings (SSSR count). The molecule has 0 aromatic heterocycles. The average Bonchev–Trinajstić information content (AvgIpc) is 1.99. The summed E-state index contributed by atoms with van der Waals surface area (Å²) in [4.78, 5) is 10.8. The van der Waals surface area contributed by atoms with Gasteiger partial charge in [0.1, 0.15) is 6.54 Å². The molecule has 13 heavy (non-hydrogen) atoms. The molecule has 0 heterocycles. The van der Waals surface area contributed by atoms with Crippen molar-refractivity contribution in [3.05, 3.63) is 6.92 Å². The third kappa shape index (κ3) is 6.56. The van der Waals surface area contributed by atoms with Gasteiger partial charge in [-0.15, -0.1) is 0 Å². The van der Waals surface area contributed by atoms with Gasteiger partial charge in [-0.25, -0.2) is 4.79 Å². The van der Waals surface area contributed by atoms with E-state index in [9.17, 15) is 18.0 Å². The smallest absolute Gasteiger partial charge is 0.328 e. The predicted octanol–water partition coefficient (Wildman–Crippen LogP) is 1.63. The molecule has 0 fully saturated rings. The van der Waals surface area contributed by atoms with Crippen molar-refractivity contribution >= 4 is 18.8 Å². The van der Waals surface area contributed by atoms with E-state index in [-0.39, 0.29) is 6.54 Å². The molecule has 0 unspecified atom stereocenters. The molecular weight excluding hydrogens is 205 g/mol. The Kier molecular flexibility index (Phi) is 4.97. The first-order valence-electron chi connectivity index (χ1n) is 3.47. The van der Waals surface area contributed by atoms with Gasteiger partial charge in [-0.05, 0) is 6.42 Å². The minimum atomic E-state index is -4.39. The normalized spacial score (nSPS) is 11.2. The SMILES string of the molecule is [CH2]CCN(S)C(=O)NCC(F)(F)F. The zero-order valence-corrected chi connectivity index (χ0v) is 7.66. The highest BCUT2D eigenvalue weighted by Crippen LogP contribution is 2.12. The van der Waals surface area contributed by atoms with Crippen molar-refractivity contribution in [3.8, 4) is 0 Å². The number of amides is 2.